The molecule has 0 fully saturated rings. The van der Waals surface area contributed by atoms with Crippen molar-refractivity contribution in [1.29, 1.82) is 0 Å². The van der Waals surface area contributed by atoms with Gasteiger partial charge in [-0.3, -0.25) is 9.48 Å². The number of carbonyl (C=O) groups excluding carboxylic acids is 1. The molecule has 0 atom stereocenters. The maximum Gasteiger partial charge on any atom is 0.206 e. The number of hydrogen-bond acceptors (Lipinski definition) is 4. The summed E-state index contributed by atoms with van der Waals surface area (Å²) in [6, 6.07) is 10.8. The topological polar surface area (TPSA) is 57.3 Å². The van der Waals surface area contributed by atoms with Crippen molar-refractivity contribution in [2.24, 2.45) is 0 Å². The number of allylic oxidation sites excluding steroid dienone is 1. The molecular formula is C20H19ClN2O3. The molecule has 0 spiro atoms. The Labute approximate surface area is 156 Å². The molecule has 0 aliphatic heterocycles. The Kier molecular flexibility index (Phi) is 5.58. The summed E-state index contributed by atoms with van der Waals surface area (Å²) in [5.74, 6) is 1.81. The van der Waals surface area contributed by atoms with Gasteiger partial charge < -0.3 is 9.15 Å². The number of carbonyl (C=O) groups is 1. The molecule has 3 rings (SSSR count). The highest BCUT2D eigenvalue weighted by Crippen LogP contribution is 2.22. The molecule has 0 N–H and O–H groups in total. The lowest BCUT2D eigenvalue weighted by atomic mass is 10.2. The van der Waals surface area contributed by atoms with E-state index in [-0.39, 0.29) is 5.78 Å². The molecule has 0 bridgehead atoms. The Balaban J connectivity index is 1.58. The van der Waals surface area contributed by atoms with Crippen molar-refractivity contribution in [3.8, 4) is 5.75 Å². The summed E-state index contributed by atoms with van der Waals surface area (Å²) in [5.41, 5.74) is 1.37. The molecule has 5 nitrogen and oxygen atoms in total. The zero-order chi connectivity index (χ0) is 18.5. The minimum absolute atomic E-state index is 0.164. The first kappa shape index (κ1) is 18.0. The van der Waals surface area contributed by atoms with Crippen LogP contribution in [0.3, 0.4) is 0 Å². The lowest BCUT2D eigenvalue weighted by molar-refractivity contribution is 0.104. The third-order valence-electron chi connectivity index (χ3n) is 3.81. The van der Waals surface area contributed by atoms with Gasteiger partial charge in [-0.1, -0.05) is 11.6 Å². The highest BCUT2D eigenvalue weighted by molar-refractivity contribution is 6.31. The number of rotatable bonds is 7. The fraction of sp³-hybridized carbons (Fsp3) is 0.200. The molecule has 0 saturated carbocycles. The van der Waals surface area contributed by atoms with Gasteiger partial charge in [-0.25, -0.2) is 0 Å². The first-order valence-electron chi connectivity index (χ1n) is 8.28. The second-order valence-corrected chi connectivity index (χ2v) is 6.17. The number of halogens is 1. The van der Waals surface area contributed by atoms with E-state index in [0.717, 1.165) is 17.9 Å². The van der Waals surface area contributed by atoms with E-state index in [2.05, 4.69) is 5.10 Å². The molecule has 0 amide bonds. The largest absolute Gasteiger partial charge is 0.486 e. The lowest BCUT2D eigenvalue weighted by Gasteiger charge is -2.05. The van der Waals surface area contributed by atoms with Gasteiger partial charge >= 0.3 is 0 Å². The van der Waals surface area contributed by atoms with Crippen LogP contribution in [0.25, 0.3) is 6.08 Å². The Bertz CT molecular complexity index is 940. The summed E-state index contributed by atoms with van der Waals surface area (Å²) in [6.45, 7) is 4.91. The average molecular weight is 371 g/mol. The predicted molar refractivity (Wildman–Crippen MR) is 100 cm³/mol. The minimum atomic E-state index is -0.164. The second-order valence-electron chi connectivity index (χ2n) is 5.76. The van der Waals surface area contributed by atoms with Crippen molar-refractivity contribution < 1.29 is 13.9 Å². The van der Waals surface area contributed by atoms with Gasteiger partial charge in [-0.2, -0.15) is 5.10 Å². The molecule has 6 heteroatoms. The zero-order valence-corrected chi connectivity index (χ0v) is 15.4. The van der Waals surface area contributed by atoms with Crippen LogP contribution in [0.2, 0.25) is 5.02 Å². The zero-order valence-electron chi connectivity index (χ0n) is 14.6. The van der Waals surface area contributed by atoms with Crippen molar-refractivity contribution in [2.45, 2.75) is 27.0 Å². The summed E-state index contributed by atoms with van der Waals surface area (Å²) < 4.78 is 13.1. The van der Waals surface area contributed by atoms with Crippen LogP contribution in [0.5, 0.6) is 5.75 Å². The van der Waals surface area contributed by atoms with Crippen molar-refractivity contribution in [1.82, 2.24) is 9.78 Å². The number of furan rings is 1. The van der Waals surface area contributed by atoms with E-state index in [9.17, 15) is 4.79 Å². The average Bonchev–Trinajstić information content (AvgIpc) is 3.30. The molecular weight excluding hydrogens is 352 g/mol. The lowest BCUT2D eigenvalue weighted by Crippen LogP contribution is -1.99. The summed E-state index contributed by atoms with van der Waals surface area (Å²) >= 11 is 6.00. The Morgan fingerprint density at radius 1 is 1.31 bits per heavy atom. The number of nitrogens with zero attached hydrogens (tertiary/aromatic N) is 2. The highest BCUT2D eigenvalue weighted by Gasteiger charge is 2.07. The molecule has 3 aromatic rings. The van der Waals surface area contributed by atoms with E-state index in [1.807, 2.05) is 32.0 Å². The summed E-state index contributed by atoms with van der Waals surface area (Å²) in [6.07, 6.45) is 4.86. The SMILES string of the molecule is CCn1ccc(C(=O)/C=C/c2ccc(COc3ccc(Cl)c(C)c3)o2)n1. The van der Waals surface area contributed by atoms with Crippen molar-refractivity contribution in [3.63, 3.8) is 0 Å². The molecule has 0 unspecified atom stereocenters. The molecule has 1 aromatic carbocycles. The van der Waals surface area contributed by atoms with Crippen LogP contribution < -0.4 is 4.74 Å². The van der Waals surface area contributed by atoms with Gasteiger partial charge in [0.2, 0.25) is 5.78 Å². The van der Waals surface area contributed by atoms with Gasteiger partial charge in [0, 0.05) is 17.8 Å². The molecule has 0 aliphatic carbocycles. The maximum atomic E-state index is 12.1. The number of ether oxygens (including phenoxy) is 1. The predicted octanol–water partition coefficient (Wildman–Crippen LogP) is 4.93. The van der Waals surface area contributed by atoms with Gasteiger partial charge in [-0.15, -0.1) is 0 Å². The fourth-order valence-electron chi connectivity index (χ4n) is 2.34. The second kappa shape index (κ2) is 8.06. The van der Waals surface area contributed by atoms with E-state index in [1.165, 1.54) is 6.08 Å². The standard InChI is InChI=1S/C20H19ClN2O3/c1-3-23-11-10-19(22-23)20(24)9-7-15-4-5-17(26-15)13-25-16-6-8-18(21)14(2)12-16/h4-12H,3,13H2,1-2H3/b9-7+. The van der Waals surface area contributed by atoms with Crippen LogP contribution in [0.1, 0.15) is 34.5 Å². The van der Waals surface area contributed by atoms with Gasteiger partial charge in [0.25, 0.3) is 0 Å². The van der Waals surface area contributed by atoms with Crippen molar-refractivity contribution in [3.05, 3.63) is 76.5 Å². The van der Waals surface area contributed by atoms with Crippen molar-refractivity contribution in [2.75, 3.05) is 0 Å². The van der Waals surface area contributed by atoms with Gasteiger partial charge in [0.1, 0.15) is 29.6 Å². The van der Waals surface area contributed by atoms with Crippen LogP contribution in [0, 0.1) is 6.92 Å². The third-order valence-corrected chi connectivity index (χ3v) is 4.23. The Morgan fingerprint density at radius 2 is 2.15 bits per heavy atom. The van der Waals surface area contributed by atoms with E-state index < -0.39 is 0 Å². The van der Waals surface area contributed by atoms with Crippen LogP contribution in [0.4, 0.5) is 0 Å². The smallest absolute Gasteiger partial charge is 0.206 e. The number of hydrogen-bond donors (Lipinski definition) is 0. The third kappa shape index (κ3) is 4.43. The molecule has 26 heavy (non-hydrogen) atoms. The molecule has 134 valence electrons. The fourth-order valence-corrected chi connectivity index (χ4v) is 2.45. The summed E-state index contributed by atoms with van der Waals surface area (Å²) in [5, 5.41) is 4.88. The highest BCUT2D eigenvalue weighted by atomic mass is 35.5. The van der Waals surface area contributed by atoms with Gasteiger partial charge in [0.05, 0.1) is 0 Å². The summed E-state index contributed by atoms with van der Waals surface area (Å²) in [7, 11) is 0. The number of aromatic nitrogens is 2. The normalized spacial score (nSPS) is 11.2. The van der Waals surface area contributed by atoms with Crippen molar-refractivity contribution >= 4 is 23.5 Å². The van der Waals surface area contributed by atoms with E-state index in [1.54, 1.807) is 35.2 Å². The van der Waals surface area contributed by atoms with Crippen LogP contribution in [0.15, 0.2) is 53.1 Å². The molecule has 0 radical (unpaired) electrons. The van der Waals surface area contributed by atoms with E-state index in [0.29, 0.717) is 28.8 Å². The summed E-state index contributed by atoms with van der Waals surface area (Å²) in [4.78, 5) is 12.1. The number of ketones is 1. The van der Waals surface area contributed by atoms with E-state index in [4.69, 9.17) is 20.8 Å². The quantitative estimate of drug-likeness (QED) is 0.437. The molecule has 2 heterocycles. The number of aryl methyl sites for hydroxylation is 2. The van der Waals surface area contributed by atoms with Crippen LogP contribution in [-0.2, 0) is 13.2 Å². The Morgan fingerprint density at radius 3 is 2.88 bits per heavy atom. The van der Waals surface area contributed by atoms with Gasteiger partial charge in [0.15, 0.2) is 0 Å². The van der Waals surface area contributed by atoms with E-state index >= 15 is 0 Å². The van der Waals surface area contributed by atoms with Crippen LogP contribution >= 0.6 is 11.6 Å². The number of benzene rings is 1. The molecule has 0 saturated heterocycles. The van der Waals surface area contributed by atoms with Crippen LogP contribution in [-0.4, -0.2) is 15.6 Å². The van der Waals surface area contributed by atoms with Gasteiger partial charge in [-0.05, 0) is 68.0 Å². The Hall–Kier alpha value is -2.79. The first-order chi connectivity index (χ1) is 12.5. The molecule has 2 aromatic heterocycles. The first-order valence-corrected chi connectivity index (χ1v) is 8.66. The monoisotopic (exact) mass is 370 g/mol. The maximum absolute atomic E-state index is 12.1. The minimum Gasteiger partial charge on any atom is -0.486 e. The molecule has 0 aliphatic rings.